The van der Waals surface area contributed by atoms with Gasteiger partial charge < -0.3 is 9.64 Å². The number of likely N-dealkylation sites (N-methyl/N-ethyl adjacent to an activating group) is 1. The van der Waals surface area contributed by atoms with E-state index < -0.39 is 0 Å². The summed E-state index contributed by atoms with van der Waals surface area (Å²) >= 11 is 0. The second-order valence-electron chi connectivity index (χ2n) is 6.47. The summed E-state index contributed by atoms with van der Waals surface area (Å²) in [5.74, 6) is -0.604. The zero-order chi connectivity index (χ0) is 18.4. The fourth-order valence-corrected chi connectivity index (χ4v) is 3.15. The molecule has 2 unspecified atom stereocenters. The van der Waals surface area contributed by atoms with Gasteiger partial charge >= 0.3 is 5.97 Å². The number of hydrogen-bond donors (Lipinski definition) is 0. The predicted octanol–water partition coefficient (Wildman–Crippen LogP) is 2.76. The van der Waals surface area contributed by atoms with Crippen LogP contribution in [0.3, 0.4) is 0 Å². The number of nitrogens with zero attached hydrogens (tertiary/aromatic N) is 2. The lowest BCUT2D eigenvalue weighted by Crippen LogP contribution is -2.50. The molecule has 1 aromatic rings. The highest BCUT2D eigenvalue weighted by atomic mass is 19.1. The summed E-state index contributed by atoms with van der Waals surface area (Å²) in [6.45, 7) is 4.94. The molecule has 0 aliphatic carbocycles. The lowest BCUT2D eigenvalue weighted by atomic mass is 10.0. The number of rotatable bonds is 6. The zero-order valence-electron chi connectivity index (χ0n) is 15.2. The third-order valence-corrected chi connectivity index (χ3v) is 4.84. The molecule has 0 N–H and O–H groups in total. The monoisotopic (exact) mass is 350 g/mol. The average molecular weight is 350 g/mol. The summed E-state index contributed by atoms with van der Waals surface area (Å²) in [5.41, 5.74) is 0.873. The predicted molar refractivity (Wildman–Crippen MR) is 93.4 cm³/mol. The lowest BCUT2D eigenvalue weighted by Gasteiger charge is -2.35. The Morgan fingerprint density at radius 3 is 2.64 bits per heavy atom. The van der Waals surface area contributed by atoms with Crippen molar-refractivity contribution in [1.82, 2.24) is 9.80 Å². The molecule has 0 saturated carbocycles. The molecule has 0 bridgehead atoms. The van der Waals surface area contributed by atoms with Gasteiger partial charge in [-0.15, -0.1) is 0 Å². The molecule has 1 aliphatic heterocycles. The summed E-state index contributed by atoms with van der Waals surface area (Å²) in [7, 11) is 1.74. The first kappa shape index (κ1) is 19.4. The molecule has 25 heavy (non-hydrogen) atoms. The topological polar surface area (TPSA) is 49.9 Å². The summed E-state index contributed by atoms with van der Waals surface area (Å²) in [6.07, 6.45) is 2.67. The van der Waals surface area contributed by atoms with E-state index in [9.17, 15) is 14.0 Å². The summed E-state index contributed by atoms with van der Waals surface area (Å²) in [6, 6.07) is 5.65. The fraction of sp³-hybridized carbons (Fsp3) is 0.579. The summed E-state index contributed by atoms with van der Waals surface area (Å²) in [4.78, 5) is 28.4. The van der Waals surface area contributed by atoms with Crippen LogP contribution in [0.25, 0.3) is 0 Å². The second kappa shape index (κ2) is 8.94. The Bertz CT molecular complexity index is 591. The molecule has 5 nitrogen and oxygen atoms in total. The number of piperidine rings is 1. The van der Waals surface area contributed by atoms with Crippen LogP contribution in [-0.4, -0.2) is 54.5 Å². The van der Waals surface area contributed by atoms with Crippen LogP contribution in [-0.2, 0) is 14.3 Å². The molecule has 0 aromatic heterocycles. The number of carbonyl (C=O) groups excluding carboxylic acids is 2. The third kappa shape index (κ3) is 5.01. The fourth-order valence-electron chi connectivity index (χ4n) is 3.15. The van der Waals surface area contributed by atoms with Crippen molar-refractivity contribution in [2.24, 2.45) is 0 Å². The van der Waals surface area contributed by atoms with Gasteiger partial charge in [0.2, 0.25) is 5.91 Å². The van der Waals surface area contributed by atoms with Gasteiger partial charge in [-0.2, -0.15) is 0 Å². The minimum atomic E-state index is -0.341. The van der Waals surface area contributed by atoms with Gasteiger partial charge in [-0.1, -0.05) is 18.6 Å². The Hall–Kier alpha value is -1.95. The molecule has 1 fully saturated rings. The van der Waals surface area contributed by atoms with Gasteiger partial charge in [-0.25, -0.2) is 4.39 Å². The highest BCUT2D eigenvalue weighted by Crippen LogP contribution is 2.22. The molecular formula is C19H27FN2O3. The maximum atomic E-state index is 13.1. The number of hydrogen-bond acceptors (Lipinski definition) is 4. The van der Waals surface area contributed by atoms with Gasteiger partial charge in [0.1, 0.15) is 11.9 Å². The minimum absolute atomic E-state index is 0.0620. The van der Waals surface area contributed by atoms with E-state index >= 15 is 0 Å². The van der Waals surface area contributed by atoms with Crippen LogP contribution >= 0.6 is 0 Å². The summed E-state index contributed by atoms with van der Waals surface area (Å²) < 4.78 is 18.2. The molecule has 1 heterocycles. The van der Waals surface area contributed by atoms with Crippen LogP contribution in [0.15, 0.2) is 24.3 Å². The maximum Gasteiger partial charge on any atom is 0.323 e. The standard InChI is InChI=1S/C19H27FN2O3/c1-4-25-19(24)17-7-5-6-12-22(17)13-18(23)21(3)14(2)15-8-10-16(20)11-9-15/h8-11,14,17H,4-7,12-13H2,1-3H3. The average Bonchev–Trinajstić information content (AvgIpc) is 2.61. The van der Waals surface area contributed by atoms with E-state index in [1.54, 1.807) is 31.0 Å². The third-order valence-electron chi connectivity index (χ3n) is 4.84. The number of amides is 1. The van der Waals surface area contributed by atoms with Crippen LogP contribution in [0, 0.1) is 5.82 Å². The number of ether oxygens (including phenoxy) is 1. The van der Waals surface area contributed by atoms with Crippen LogP contribution < -0.4 is 0 Å². The van der Waals surface area contributed by atoms with Crippen LogP contribution in [0.2, 0.25) is 0 Å². The molecule has 1 aromatic carbocycles. The number of benzene rings is 1. The van der Waals surface area contributed by atoms with Crippen LogP contribution in [0.1, 0.15) is 44.7 Å². The molecule has 1 aliphatic rings. The van der Waals surface area contributed by atoms with Crippen molar-refractivity contribution in [2.45, 2.75) is 45.2 Å². The van der Waals surface area contributed by atoms with E-state index in [-0.39, 0.29) is 36.3 Å². The lowest BCUT2D eigenvalue weighted by molar-refractivity contribution is -0.152. The normalized spacial score (nSPS) is 19.3. The van der Waals surface area contributed by atoms with E-state index in [4.69, 9.17) is 4.74 Å². The molecule has 0 radical (unpaired) electrons. The van der Waals surface area contributed by atoms with E-state index in [1.807, 2.05) is 11.8 Å². The first-order chi connectivity index (χ1) is 11.9. The molecular weight excluding hydrogens is 323 g/mol. The molecule has 0 spiro atoms. The largest absolute Gasteiger partial charge is 0.465 e. The first-order valence-electron chi connectivity index (χ1n) is 8.85. The highest BCUT2D eigenvalue weighted by Gasteiger charge is 2.32. The van der Waals surface area contributed by atoms with Crippen molar-refractivity contribution in [3.05, 3.63) is 35.6 Å². The molecule has 1 saturated heterocycles. The Kier molecular flexibility index (Phi) is 6.93. The number of likely N-dealkylation sites (tertiary alicyclic amines) is 1. The summed E-state index contributed by atoms with van der Waals surface area (Å²) in [5, 5.41) is 0. The van der Waals surface area contributed by atoms with Gasteiger partial charge in [0.15, 0.2) is 0 Å². The highest BCUT2D eigenvalue weighted by molar-refractivity contribution is 5.81. The Morgan fingerprint density at radius 2 is 2.00 bits per heavy atom. The quantitative estimate of drug-likeness (QED) is 0.740. The van der Waals surface area contributed by atoms with E-state index in [1.165, 1.54) is 12.1 Å². The molecule has 2 rings (SSSR count). The number of esters is 1. The Morgan fingerprint density at radius 1 is 1.32 bits per heavy atom. The smallest absolute Gasteiger partial charge is 0.323 e. The van der Waals surface area contributed by atoms with Crippen molar-refractivity contribution in [2.75, 3.05) is 26.7 Å². The Balaban J connectivity index is 2.00. The zero-order valence-corrected chi connectivity index (χ0v) is 15.2. The van der Waals surface area contributed by atoms with Crippen molar-refractivity contribution in [3.63, 3.8) is 0 Å². The van der Waals surface area contributed by atoms with Gasteiger partial charge in [0, 0.05) is 7.05 Å². The first-order valence-corrected chi connectivity index (χ1v) is 8.85. The van der Waals surface area contributed by atoms with Crippen molar-refractivity contribution in [1.29, 1.82) is 0 Å². The maximum absolute atomic E-state index is 13.1. The molecule has 138 valence electrons. The number of halogens is 1. The molecule has 6 heteroatoms. The van der Waals surface area contributed by atoms with Crippen molar-refractivity contribution >= 4 is 11.9 Å². The van der Waals surface area contributed by atoms with Gasteiger partial charge in [0.05, 0.1) is 19.2 Å². The van der Waals surface area contributed by atoms with Crippen LogP contribution in [0.5, 0.6) is 0 Å². The SMILES string of the molecule is CCOC(=O)C1CCCCN1CC(=O)N(C)C(C)c1ccc(F)cc1. The minimum Gasteiger partial charge on any atom is -0.465 e. The van der Waals surface area contributed by atoms with E-state index in [0.29, 0.717) is 13.2 Å². The van der Waals surface area contributed by atoms with Crippen LogP contribution in [0.4, 0.5) is 4.39 Å². The van der Waals surface area contributed by atoms with Crippen molar-refractivity contribution < 1.29 is 18.7 Å². The van der Waals surface area contributed by atoms with Crippen molar-refractivity contribution in [3.8, 4) is 0 Å². The second-order valence-corrected chi connectivity index (χ2v) is 6.47. The van der Waals surface area contributed by atoms with Gasteiger partial charge in [0.25, 0.3) is 0 Å². The van der Waals surface area contributed by atoms with Gasteiger partial charge in [-0.3, -0.25) is 14.5 Å². The van der Waals surface area contributed by atoms with Gasteiger partial charge in [-0.05, 0) is 50.9 Å². The number of carbonyl (C=O) groups is 2. The van der Waals surface area contributed by atoms with E-state index in [0.717, 1.165) is 24.8 Å². The Labute approximate surface area is 148 Å². The molecule has 1 amide bonds. The van der Waals surface area contributed by atoms with E-state index in [2.05, 4.69) is 0 Å². The molecule has 2 atom stereocenters.